The number of fused-ring (bicyclic) bond motifs is 1. The molecule has 0 fully saturated rings. The van der Waals surface area contributed by atoms with E-state index in [0.717, 1.165) is 27.7 Å². The molecular formula is C15H15Br2NOS. The highest BCUT2D eigenvalue weighted by Gasteiger charge is 2.29. The van der Waals surface area contributed by atoms with E-state index in [9.17, 15) is 0 Å². The number of rotatable bonds is 3. The minimum Gasteiger partial charge on any atom is -0.484 e. The molecule has 0 saturated heterocycles. The molecule has 5 heteroatoms. The molecule has 0 amide bonds. The maximum absolute atomic E-state index is 6.21. The van der Waals surface area contributed by atoms with Crippen LogP contribution in [-0.4, -0.2) is 6.54 Å². The van der Waals surface area contributed by atoms with Crippen molar-refractivity contribution >= 4 is 43.2 Å². The van der Waals surface area contributed by atoms with E-state index in [1.54, 1.807) is 11.3 Å². The summed E-state index contributed by atoms with van der Waals surface area (Å²) >= 11 is 8.79. The Labute approximate surface area is 139 Å². The van der Waals surface area contributed by atoms with Crippen molar-refractivity contribution in [3.8, 4) is 5.75 Å². The summed E-state index contributed by atoms with van der Waals surface area (Å²) in [6.45, 7) is 3.10. The largest absolute Gasteiger partial charge is 0.484 e. The molecular weight excluding hydrogens is 402 g/mol. The van der Waals surface area contributed by atoms with Crippen molar-refractivity contribution in [2.24, 2.45) is 0 Å². The average molecular weight is 417 g/mol. The molecule has 1 N–H and O–H groups in total. The van der Waals surface area contributed by atoms with E-state index in [2.05, 4.69) is 73.7 Å². The topological polar surface area (TPSA) is 21.3 Å². The van der Waals surface area contributed by atoms with Crippen LogP contribution in [0.5, 0.6) is 5.75 Å². The predicted molar refractivity (Wildman–Crippen MR) is 90.6 cm³/mol. The number of thiophene rings is 1. The maximum atomic E-state index is 6.21. The molecule has 1 aromatic carbocycles. The molecule has 0 saturated carbocycles. The molecule has 2 nitrogen and oxygen atoms in total. The van der Waals surface area contributed by atoms with E-state index in [-0.39, 0.29) is 6.10 Å². The minimum absolute atomic E-state index is 0.122. The number of halogens is 2. The molecule has 1 aromatic heterocycles. The second-order valence-corrected chi connectivity index (χ2v) is 7.58. The maximum Gasteiger partial charge on any atom is 0.135 e. The lowest BCUT2D eigenvalue weighted by Gasteiger charge is -2.32. The SMILES string of the molecule is CCNC1CC(c2cc(Br)cs2)Oc2cc(Br)ccc21. The van der Waals surface area contributed by atoms with Crippen molar-refractivity contribution in [2.75, 3.05) is 6.54 Å². The molecule has 3 rings (SSSR count). The first-order valence-corrected chi connectivity index (χ1v) is 9.07. The molecule has 1 aliphatic heterocycles. The lowest BCUT2D eigenvalue weighted by molar-refractivity contribution is 0.155. The fraction of sp³-hybridized carbons (Fsp3) is 0.333. The second kappa shape index (κ2) is 6.18. The number of benzene rings is 1. The Hall–Kier alpha value is -0.360. The molecule has 2 aromatic rings. The molecule has 1 aliphatic rings. The van der Waals surface area contributed by atoms with Crippen LogP contribution in [0.25, 0.3) is 0 Å². The second-order valence-electron chi connectivity index (χ2n) is 4.80. The van der Waals surface area contributed by atoms with Gasteiger partial charge in [-0.25, -0.2) is 0 Å². The first-order valence-electron chi connectivity index (χ1n) is 6.60. The Morgan fingerprint density at radius 1 is 1.30 bits per heavy atom. The van der Waals surface area contributed by atoms with Gasteiger partial charge >= 0.3 is 0 Å². The standard InChI is InChI=1S/C15H15Br2NOS/c1-2-18-12-7-14(15-6-10(17)8-20-15)19-13-5-9(16)3-4-11(12)13/h3-6,8,12,14,18H,2,7H2,1H3. The van der Waals surface area contributed by atoms with Crippen LogP contribution in [-0.2, 0) is 0 Å². The highest BCUT2D eigenvalue weighted by atomic mass is 79.9. The van der Waals surface area contributed by atoms with Gasteiger partial charge in [-0.2, -0.15) is 0 Å². The van der Waals surface area contributed by atoms with Gasteiger partial charge in [0.15, 0.2) is 0 Å². The van der Waals surface area contributed by atoms with Crippen LogP contribution in [0.1, 0.15) is 35.9 Å². The van der Waals surface area contributed by atoms with Gasteiger partial charge in [-0.3, -0.25) is 0 Å². The number of hydrogen-bond donors (Lipinski definition) is 1. The summed E-state index contributed by atoms with van der Waals surface area (Å²) in [5.74, 6) is 0.978. The Morgan fingerprint density at radius 2 is 2.15 bits per heavy atom. The number of hydrogen-bond acceptors (Lipinski definition) is 3. The van der Waals surface area contributed by atoms with Crippen molar-refractivity contribution < 1.29 is 4.74 Å². The minimum atomic E-state index is 0.122. The summed E-state index contributed by atoms with van der Waals surface area (Å²) in [6, 6.07) is 8.79. The van der Waals surface area contributed by atoms with Crippen LogP contribution in [0.4, 0.5) is 0 Å². The molecule has 2 heterocycles. The fourth-order valence-electron chi connectivity index (χ4n) is 2.55. The summed E-state index contributed by atoms with van der Waals surface area (Å²) in [7, 11) is 0. The molecule has 2 unspecified atom stereocenters. The first kappa shape index (κ1) is 14.6. The molecule has 20 heavy (non-hydrogen) atoms. The van der Waals surface area contributed by atoms with Gasteiger partial charge in [-0.05, 0) is 40.7 Å². The highest BCUT2D eigenvalue weighted by molar-refractivity contribution is 9.10. The van der Waals surface area contributed by atoms with E-state index in [1.807, 2.05) is 0 Å². The van der Waals surface area contributed by atoms with Gasteiger partial charge in [0.1, 0.15) is 11.9 Å². The van der Waals surface area contributed by atoms with Crippen LogP contribution >= 0.6 is 43.2 Å². The van der Waals surface area contributed by atoms with Crippen LogP contribution in [0.2, 0.25) is 0 Å². The van der Waals surface area contributed by atoms with Crippen LogP contribution < -0.4 is 10.1 Å². The lowest BCUT2D eigenvalue weighted by atomic mass is 9.96. The first-order chi connectivity index (χ1) is 9.67. The zero-order valence-electron chi connectivity index (χ0n) is 11.0. The van der Waals surface area contributed by atoms with Gasteiger partial charge in [-0.15, -0.1) is 11.3 Å². The summed E-state index contributed by atoms with van der Waals surface area (Å²) in [6.07, 6.45) is 1.09. The van der Waals surface area contributed by atoms with Gasteiger partial charge in [0, 0.05) is 37.2 Å². The predicted octanol–water partition coefficient (Wildman–Crippen LogP) is 5.45. The third-order valence-electron chi connectivity index (χ3n) is 3.43. The van der Waals surface area contributed by atoms with E-state index < -0.39 is 0 Å². The summed E-state index contributed by atoms with van der Waals surface area (Å²) < 4.78 is 8.39. The monoisotopic (exact) mass is 415 g/mol. The number of ether oxygens (including phenoxy) is 1. The molecule has 0 aliphatic carbocycles. The average Bonchev–Trinajstić information content (AvgIpc) is 2.85. The number of nitrogens with one attached hydrogen (secondary N) is 1. The zero-order valence-corrected chi connectivity index (χ0v) is 15.0. The summed E-state index contributed by atoms with van der Waals surface area (Å²) in [4.78, 5) is 1.27. The Balaban J connectivity index is 1.94. The van der Waals surface area contributed by atoms with Gasteiger partial charge < -0.3 is 10.1 Å². The molecule has 0 radical (unpaired) electrons. The van der Waals surface area contributed by atoms with Crippen molar-refractivity contribution in [1.82, 2.24) is 5.32 Å². The Bertz CT molecular complexity index is 614. The molecule has 2 atom stereocenters. The van der Waals surface area contributed by atoms with Crippen molar-refractivity contribution in [3.63, 3.8) is 0 Å². The normalized spacial score (nSPS) is 21.4. The molecule has 0 bridgehead atoms. The van der Waals surface area contributed by atoms with Crippen molar-refractivity contribution in [1.29, 1.82) is 0 Å². The van der Waals surface area contributed by atoms with Gasteiger partial charge in [0.25, 0.3) is 0 Å². The Morgan fingerprint density at radius 3 is 2.85 bits per heavy atom. The zero-order chi connectivity index (χ0) is 14.1. The lowest BCUT2D eigenvalue weighted by Crippen LogP contribution is -2.28. The molecule has 106 valence electrons. The van der Waals surface area contributed by atoms with Gasteiger partial charge in [0.2, 0.25) is 0 Å². The van der Waals surface area contributed by atoms with E-state index in [4.69, 9.17) is 4.74 Å². The Kier molecular flexibility index (Phi) is 4.50. The summed E-state index contributed by atoms with van der Waals surface area (Å²) in [5.41, 5.74) is 1.25. The van der Waals surface area contributed by atoms with Crippen LogP contribution in [0.3, 0.4) is 0 Å². The van der Waals surface area contributed by atoms with Gasteiger partial charge in [-0.1, -0.05) is 28.9 Å². The highest BCUT2D eigenvalue weighted by Crippen LogP contribution is 2.43. The van der Waals surface area contributed by atoms with E-state index in [0.29, 0.717) is 6.04 Å². The third kappa shape index (κ3) is 2.96. The van der Waals surface area contributed by atoms with Crippen LogP contribution in [0.15, 0.2) is 38.6 Å². The van der Waals surface area contributed by atoms with Crippen molar-refractivity contribution in [3.05, 3.63) is 49.0 Å². The van der Waals surface area contributed by atoms with Crippen molar-refractivity contribution in [2.45, 2.75) is 25.5 Å². The van der Waals surface area contributed by atoms with Crippen LogP contribution in [0, 0.1) is 0 Å². The third-order valence-corrected chi connectivity index (χ3v) is 5.70. The van der Waals surface area contributed by atoms with Gasteiger partial charge in [0.05, 0.1) is 0 Å². The van der Waals surface area contributed by atoms with E-state index >= 15 is 0 Å². The quantitative estimate of drug-likeness (QED) is 0.718. The van der Waals surface area contributed by atoms with E-state index in [1.165, 1.54) is 10.4 Å². The fourth-order valence-corrected chi connectivity index (χ4v) is 4.38. The smallest absolute Gasteiger partial charge is 0.135 e. The molecule has 0 spiro atoms. The summed E-state index contributed by atoms with van der Waals surface area (Å²) in [5, 5.41) is 5.67.